The lowest BCUT2D eigenvalue weighted by atomic mass is 10.1. The molecule has 2 aromatic carbocycles. The summed E-state index contributed by atoms with van der Waals surface area (Å²) in [6.07, 6.45) is 0.642. The Kier molecular flexibility index (Phi) is 5.09. The zero-order chi connectivity index (χ0) is 18.8. The van der Waals surface area contributed by atoms with Crippen molar-refractivity contribution in [2.24, 2.45) is 0 Å². The van der Waals surface area contributed by atoms with Crippen LogP contribution in [0.15, 0.2) is 62.6 Å². The summed E-state index contributed by atoms with van der Waals surface area (Å²) in [5, 5.41) is 8.57. The average molecular weight is 444 g/mol. The molecule has 136 valence electrons. The SMILES string of the molecule is O=C1c2ccccc2C(=O)N1CCCSc1nnc(-c2ccccc2Br)o1. The van der Waals surface area contributed by atoms with Gasteiger partial charge in [0, 0.05) is 16.8 Å². The highest BCUT2D eigenvalue weighted by Gasteiger charge is 2.34. The van der Waals surface area contributed by atoms with Gasteiger partial charge in [-0.2, -0.15) is 0 Å². The minimum Gasteiger partial charge on any atom is -0.411 e. The number of benzene rings is 2. The number of thioether (sulfide) groups is 1. The first-order valence-electron chi connectivity index (χ1n) is 8.31. The van der Waals surface area contributed by atoms with Crippen molar-refractivity contribution in [2.45, 2.75) is 11.6 Å². The van der Waals surface area contributed by atoms with Crippen LogP contribution in [0, 0.1) is 0 Å². The molecular weight excluding hydrogens is 430 g/mol. The highest BCUT2D eigenvalue weighted by Crippen LogP contribution is 2.29. The molecule has 0 radical (unpaired) electrons. The van der Waals surface area contributed by atoms with Gasteiger partial charge in [-0.3, -0.25) is 14.5 Å². The van der Waals surface area contributed by atoms with Gasteiger partial charge in [-0.15, -0.1) is 10.2 Å². The topological polar surface area (TPSA) is 76.3 Å². The Morgan fingerprint density at radius 1 is 0.926 bits per heavy atom. The van der Waals surface area contributed by atoms with Crippen LogP contribution < -0.4 is 0 Å². The summed E-state index contributed by atoms with van der Waals surface area (Å²) in [7, 11) is 0. The summed E-state index contributed by atoms with van der Waals surface area (Å²) < 4.78 is 6.56. The zero-order valence-corrected chi connectivity index (χ0v) is 16.5. The predicted octanol–water partition coefficient (Wildman–Crippen LogP) is 4.28. The second-order valence-electron chi connectivity index (χ2n) is 5.86. The number of carbonyl (C=O) groups excluding carboxylic acids is 2. The van der Waals surface area contributed by atoms with Crippen molar-refractivity contribution in [3.05, 3.63) is 64.1 Å². The Hall–Kier alpha value is -2.45. The van der Waals surface area contributed by atoms with E-state index in [1.165, 1.54) is 16.7 Å². The standard InChI is InChI=1S/C19H14BrN3O3S/c20-15-9-4-3-8-14(15)16-21-22-19(26-16)27-11-5-10-23-17(24)12-6-1-2-7-13(12)18(23)25/h1-4,6-9H,5,10-11H2. The molecular formula is C19H14BrN3O3S. The molecule has 4 rings (SSSR count). The van der Waals surface area contributed by atoms with E-state index in [1.54, 1.807) is 24.3 Å². The van der Waals surface area contributed by atoms with Gasteiger partial charge in [0.1, 0.15) is 0 Å². The largest absolute Gasteiger partial charge is 0.411 e. The average Bonchev–Trinajstić information content (AvgIpc) is 3.24. The molecule has 0 fully saturated rings. The second-order valence-corrected chi connectivity index (χ2v) is 7.76. The lowest BCUT2D eigenvalue weighted by Crippen LogP contribution is -2.30. The van der Waals surface area contributed by atoms with Gasteiger partial charge in [0.05, 0.1) is 16.7 Å². The normalized spacial score (nSPS) is 13.3. The molecule has 0 spiro atoms. The van der Waals surface area contributed by atoms with Crippen LogP contribution >= 0.6 is 27.7 Å². The summed E-state index contributed by atoms with van der Waals surface area (Å²) in [4.78, 5) is 25.9. The van der Waals surface area contributed by atoms with E-state index in [0.29, 0.717) is 41.0 Å². The molecule has 2 heterocycles. The highest BCUT2D eigenvalue weighted by atomic mass is 79.9. The molecule has 6 nitrogen and oxygen atoms in total. The molecule has 0 saturated carbocycles. The molecule has 1 aromatic heterocycles. The number of nitrogens with zero attached hydrogens (tertiary/aromatic N) is 3. The first-order chi connectivity index (χ1) is 13.1. The van der Waals surface area contributed by atoms with E-state index in [2.05, 4.69) is 26.1 Å². The summed E-state index contributed by atoms with van der Waals surface area (Å²) in [5.74, 6) is 0.653. The first kappa shape index (κ1) is 17.9. The van der Waals surface area contributed by atoms with Crippen LogP contribution in [0.5, 0.6) is 0 Å². The zero-order valence-electron chi connectivity index (χ0n) is 14.1. The van der Waals surface area contributed by atoms with Gasteiger partial charge in [-0.1, -0.05) is 36.0 Å². The Morgan fingerprint density at radius 3 is 2.22 bits per heavy atom. The molecule has 0 N–H and O–H groups in total. The van der Waals surface area contributed by atoms with Crippen molar-refractivity contribution in [2.75, 3.05) is 12.3 Å². The summed E-state index contributed by atoms with van der Waals surface area (Å²) in [5.41, 5.74) is 1.79. The maximum Gasteiger partial charge on any atom is 0.276 e. The fraction of sp³-hybridized carbons (Fsp3) is 0.158. The molecule has 8 heteroatoms. The molecule has 1 aliphatic rings. The maximum absolute atomic E-state index is 12.3. The van der Waals surface area contributed by atoms with Crippen LogP contribution in [0.3, 0.4) is 0 Å². The maximum atomic E-state index is 12.3. The second kappa shape index (κ2) is 7.66. The van der Waals surface area contributed by atoms with Gasteiger partial charge in [0.25, 0.3) is 17.0 Å². The van der Waals surface area contributed by atoms with Crippen LogP contribution in [-0.2, 0) is 0 Å². The summed E-state index contributed by atoms with van der Waals surface area (Å²) in [6.45, 7) is 0.366. The Morgan fingerprint density at radius 2 is 1.56 bits per heavy atom. The Labute approximate surface area is 168 Å². The van der Waals surface area contributed by atoms with E-state index in [1.807, 2.05) is 24.3 Å². The van der Waals surface area contributed by atoms with Crippen molar-refractivity contribution >= 4 is 39.5 Å². The molecule has 0 unspecified atom stereocenters. The number of aromatic nitrogens is 2. The van der Waals surface area contributed by atoms with Gasteiger partial charge in [0.15, 0.2) is 0 Å². The number of imide groups is 1. The number of rotatable bonds is 6. The van der Waals surface area contributed by atoms with E-state index in [0.717, 1.165) is 10.0 Å². The molecule has 2 amide bonds. The number of hydrogen-bond donors (Lipinski definition) is 0. The van der Waals surface area contributed by atoms with E-state index in [-0.39, 0.29) is 11.8 Å². The van der Waals surface area contributed by atoms with Crippen LogP contribution in [0.4, 0.5) is 0 Å². The Bertz CT molecular complexity index is 986. The Balaban J connectivity index is 1.32. The van der Waals surface area contributed by atoms with E-state index in [4.69, 9.17) is 4.42 Å². The summed E-state index contributed by atoms with van der Waals surface area (Å²) in [6, 6.07) is 14.5. The van der Waals surface area contributed by atoms with Crippen LogP contribution in [0.1, 0.15) is 27.1 Å². The molecule has 3 aromatic rings. The van der Waals surface area contributed by atoms with Crippen molar-refractivity contribution in [3.63, 3.8) is 0 Å². The molecule has 0 atom stereocenters. The first-order valence-corrected chi connectivity index (χ1v) is 10.1. The fourth-order valence-electron chi connectivity index (χ4n) is 2.84. The van der Waals surface area contributed by atoms with Crippen LogP contribution in [0.25, 0.3) is 11.5 Å². The van der Waals surface area contributed by atoms with Gasteiger partial charge in [-0.25, -0.2) is 0 Å². The number of amides is 2. The highest BCUT2D eigenvalue weighted by molar-refractivity contribution is 9.10. The molecule has 27 heavy (non-hydrogen) atoms. The molecule has 0 bridgehead atoms. The van der Waals surface area contributed by atoms with Crippen LogP contribution in [0.2, 0.25) is 0 Å². The monoisotopic (exact) mass is 443 g/mol. The molecule has 1 aliphatic heterocycles. The van der Waals surface area contributed by atoms with Crippen molar-refractivity contribution in [1.82, 2.24) is 15.1 Å². The van der Waals surface area contributed by atoms with Crippen molar-refractivity contribution in [3.8, 4) is 11.5 Å². The lowest BCUT2D eigenvalue weighted by Gasteiger charge is -2.12. The third kappa shape index (κ3) is 3.54. The minimum absolute atomic E-state index is 0.227. The van der Waals surface area contributed by atoms with Gasteiger partial charge < -0.3 is 4.42 Å². The fourth-order valence-corrected chi connectivity index (χ4v) is 3.97. The van der Waals surface area contributed by atoms with Crippen molar-refractivity contribution in [1.29, 1.82) is 0 Å². The van der Waals surface area contributed by atoms with E-state index >= 15 is 0 Å². The number of carbonyl (C=O) groups is 2. The molecule has 0 aliphatic carbocycles. The van der Waals surface area contributed by atoms with Gasteiger partial charge in [0.2, 0.25) is 5.89 Å². The van der Waals surface area contributed by atoms with Gasteiger partial charge in [-0.05, 0) is 46.6 Å². The third-order valence-corrected chi connectivity index (χ3v) is 5.74. The molecule has 0 saturated heterocycles. The van der Waals surface area contributed by atoms with Gasteiger partial charge >= 0.3 is 0 Å². The van der Waals surface area contributed by atoms with E-state index < -0.39 is 0 Å². The predicted molar refractivity (Wildman–Crippen MR) is 105 cm³/mol. The number of halogens is 1. The summed E-state index contributed by atoms with van der Waals surface area (Å²) >= 11 is 4.87. The van der Waals surface area contributed by atoms with E-state index in [9.17, 15) is 9.59 Å². The smallest absolute Gasteiger partial charge is 0.276 e. The number of hydrogen-bond acceptors (Lipinski definition) is 6. The number of fused-ring (bicyclic) bond motifs is 1. The minimum atomic E-state index is -0.227. The lowest BCUT2D eigenvalue weighted by molar-refractivity contribution is 0.0655. The van der Waals surface area contributed by atoms with Crippen LogP contribution in [-0.4, -0.2) is 39.2 Å². The third-order valence-electron chi connectivity index (χ3n) is 4.14. The quantitative estimate of drug-likeness (QED) is 0.321. The van der Waals surface area contributed by atoms with Crippen molar-refractivity contribution < 1.29 is 14.0 Å².